The molecule has 4 N–H and O–H groups in total. The summed E-state index contributed by atoms with van der Waals surface area (Å²) in [6.45, 7) is 2.19. The van der Waals surface area contributed by atoms with Gasteiger partial charge < -0.3 is 25.5 Å². The van der Waals surface area contributed by atoms with Gasteiger partial charge in [0.2, 0.25) is 0 Å². The standard InChI is InChI=1S/C37H48N4O4S2/c1-3-25-6-8-29(42)20-30(43)9-7-27-19-33(45-2)32(44)18-28(27)16-26-17-31(35(38)40-21-26)34(47-46-22-25)37(41-15-14-39-24-41)13-12-36(23-37)10-4-5-11-36/h7,9,14-15,17-19,21,24-25,34-35,40,44H,3-6,8,10-13,16,20,22-23,38H2,1-2H3. The van der Waals surface area contributed by atoms with E-state index in [-0.39, 0.29) is 40.7 Å². The van der Waals surface area contributed by atoms with Crippen molar-refractivity contribution in [3.63, 3.8) is 0 Å². The number of nitrogens with one attached hydrogen (secondary N) is 1. The van der Waals surface area contributed by atoms with Crippen LogP contribution in [0, 0.1) is 11.3 Å². The van der Waals surface area contributed by atoms with Gasteiger partial charge in [-0.1, -0.05) is 59.9 Å². The number of dihydropyridines is 1. The summed E-state index contributed by atoms with van der Waals surface area (Å²) in [5, 5.41) is 14.3. The molecule has 1 aromatic heterocycles. The van der Waals surface area contributed by atoms with Crippen molar-refractivity contribution in [1.29, 1.82) is 0 Å². The van der Waals surface area contributed by atoms with Gasteiger partial charge in [0.1, 0.15) is 5.78 Å². The fourth-order valence-corrected chi connectivity index (χ4v) is 11.9. The molecule has 2 aromatic rings. The van der Waals surface area contributed by atoms with Gasteiger partial charge in [-0.05, 0) is 96.8 Å². The number of phenols is 1. The van der Waals surface area contributed by atoms with Gasteiger partial charge in [-0.25, -0.2) is 4.98 Å². The van der Waals surface area contributed by atoms with Crippen LogP contribution in [-0.4, -0.2) is 50.5 Å². The molecule has 2 bridgehead atoms. The zero-order valence-corrected chi connectivity index (χ0v) is 29.2. The second-order valence-corrected chi connectivity index (χ2v) is 16.5. The fourth-order valence-electron chi connectivity index (χ4n) is 8.21. The average molecular weight is 677 g/mol. The summed E-state index contributed by atoms with van der Waals surface area (Å²) in [5.74, 6) is 1.43. The summed E-state index contributed by atoms with van der Waals surface area (Å²) in [4.78, 5) is 30.2. The highest BCUT2D eigenvalue weighted by atomic mass is 33.1. The van der Waals surface area contributed by atoms with Crippen molar-refractivity contribution in [1.82, 2.24) is 14.9 Å². The highest BCUT2D eigenvalue weighted by molar-refractivity contribution is 8.77. The molecule has 252 valence electrons. The molecule has 2 aliphatic carbocycles. The van der Waals surface area contributed by atoms with Gasteiger partial charge >= 0.3 is 0 Å². The van der Waals surface area contributed by atoms with E-state index in [0.29, 0.717) is 29.9 Å². The predicted octanol–water partition coefficient (Wildman–Crippen LogP) is 7.09. The van der Waals surface area contributed by atoms with Crippen LogP contribution in [0.5, 0.6) is 11.5 Å². The van der Waals surface area contributed by atoms with E-state index in [1.54, 1.807) is 18.2 Å². The Morgan fingerprint density at radius 1 is 1.15 bits per heavy atom. The molecule has 10 heteroatoms. The van der Waals surface area contributed by atoms with E-state index in [2.05, 4.69) is 34.1 Å². The Bertz CT molecular complexity index is 1550. The molecule has 47 heavy (non-hydrogen) atoms. The Kier molecular flexibility index (Phi) is 10.6. The molecule has 2 aliphatic heterocycles. The number of ketones is 2. The number of imidazole rings is 1. The number of rotatable bonds is 4. The van der Waals surface area contributed by atoms with Crippen LogP contribution in [0.3, 0.4) is 0 Å². The largest absolute Gasteiger partial charge is 0.504 e. The first-order chi connectivity index (χ1) is 22.7. The van der Waals surface area contributed by atoms with Gasteiger partial charge in [0, 0.05) is 30.8 Å². The summed E-state index contributed by atoms with van der Waals surface area (Å²) in [5.41, 5.74) is 10.9. The van der Waals surface area contributed by atoms with Crippen molar-refractivity contribution in [3.8, 4) is 11.5 Å². The maximum absolute atomic E-state index is 12.9. The van der Waals surface area contributed by atoms with Gasteiger partial charge in [-0.3, -0.25) is 9.59 Å². The third-order valence-electron chi connectivity index (χ3n) is 10.9. The molecule has 0 saturated heterocycles. The number of aromatic hydroxyl groups is 1. The summed E-state index contributed by atoms with van der Waals surface area (Å²) >= 11 is 0. The Balaban J connectivity index is 1.43. The molecule has 0 radical (unpaired) electrons. The average Bonchev–Trinajstić information content (AvgIpc) is 3.84. The fraction of sp³-hybridized carbons (Fsp3) is 0.541. The Labute approximate surface area is 286 Å². The number of nitrogens with zero attached hydrogens (tertiary/aromatic N) is 2. The number of methoxy groups -OCH3 is 1. The molecule has 4 unspecified atom stereocenters. The minimum Gasteiger partial charge on any atom is -0.504 e. The van der Waals surface area contributed by atoms with Crippen molar-refractivity contribution in [2.24, 2.45) is 17.1 Å². The molecule has 2 saturated carbocycles. The number of carbonyl (C=O) groups excluding carboxylic acids is 2. The summed E-state index contributed by atoms with van der Waals surface area (Å²) in [7, 11) is 5.34. The van der Waals surface area contributed by atoms with E-state index in [9.17, 15) is 14.7 Å². The minimum atomic E-state index is -0.344. The summed E-state index contributed by atoms with van der Waals surface area (Å²) < 4.78 is 7.78. The molecule has 2 fully saturated rings. The minimum absolute atomic E-state index is 0.0213. The van der Waals surface area contributed by atoms with Crippen molar-refractivity contribution in [2.45, 2.75) is 101 Å². The van der Waals surface area contributed by atoms with Crippen molar-refractivity contribution in [2.75, 3.05) is 12.9 Å². The lowest BCUT2D eigenvalue weighted by molar-refractivity contribution is -0.124. The highest BCUT2D eigenvalue weighted by Crippen LogP contribution is 2.61. The van der Waals surface area contributed by atoms with Crippen LogP contribution in [-0.2, 0) is 21.5 Å². The SMILES string of the molecule is CCC1CCC(=O)CC(=O)C=Cc2cc(OC)c(O)cc2CC2=CNC(N)C(=C2)C(C2(n3ccnc3)CCC3(CCCC3)C2)SSC1. The molecule has 4 atom stereocenters. The number of Topliss-reactive ketones (excluding diaryl/α,β-unsaturated/α-hetero) is 1. The third kappa shape index (κ3) is 7.39. The smallest absolute Gasteiger partial charge is 0.163 e. The van der Waals surface area contributed by atoms with Crippen LogP contribution in [0.4, 0.5) is 0 Å². The number of hydrogen-bond acceptors (Lipinski definition) is 9. The number of ether oxygens (including phenoxy) is 1. The number of phenolic OH excluding ortho intramolecular Hbond substituents is 1. The van der Waals surface area contributed by atoms with Gasteiger partial charge in [0.15, 0.2) is 17.3 Å². The Morgan fingerprint density at radius 2 is 1.98 bits per heavy atom. The number of carbonyl (C=O) groups is 2. The van der Waals surface area contributed by atoms with Crippen molar-refractivity contribution < 1.29 is 19.4 Å². The maximum Gasteiger partial charge on any atom is 0.163 e. The number of allylic oxidation sites excluding steroid dienone is 3. The van der Waals surface area contributed by atoms with Gasteiger partial charge in [-0.15, -0.1) is 0 Å². The molecule has 1 spiro atoms. The third-order valence-corrected chi connectivity index (χ3v) is 14.0. The topological polar surface area (TPSA) is 119 Å². The van der Waals surface area contributed by atoms with E-state index in [1.807, 2.05) is 40.3 Å². The molecular weight excluding hydrogens is 629 g/mol. The molecule has 6 rings (SSSR count). The van der Waals surface area contributed by atoms with Crippen LogP contribution < -0.4 is 15.8 Å². The van der Waals surface area contributed by atoms with Gasteiger partial charge in [0.25, 0.3) is 0 Å². The number of aromatic nitrogens is 2. The Hall–Kier alpha value is -2.95. The van der Waals surface area contributed by atoms with Gasteiger partial charge in [0.05, 0.1) is 36.8 Å². The first kappa shape index (κ1) is 33.9. The lowest BCUT2D eigenvalue weighted by Crippen LogP contribution is -2.50. The van der Waals surface area contributed by atoms with E-state index in [1.165, 1.54) is 45.3 Å². The van der Waals surface area contributed by atoms with E-state index in [0.717, 1.165) is 53.7 Å². The number of benzene rings is 1. The Morgan fingerprint density at radius 3 is 2.72 bits per heavy atom. The van der Waals surface area contributed by atoms with E-state index in [4.69, 9.17) is 10.5 Å². The van der Waals surface area contributed by atoms with Crippen LogP contribution in [0.25, 0.3) is 6.08 Å². The second-order valence-electron chi connectivity index (χ2n) is 14.0. The molecule has 1 aromatic carbocycles. The summed E-state index contributed by atoms with van der Waals surface area (Å²) in [6, 6.07) is 3.45. The van der Waals surface area contributed by atoms with Crippen LogP contribution >= 0.6 is 21.6 Å². The monoisotopic (exact) mass is 676 g/mol. The molecule has 0 amide bonds. The number of nitrogens with two attached hydrogens (primary N) is 1. The molecular formula is C37H48N4O4S2. The number of fused-ring (bicyclic) bond motifs is 2. The first-order valence-electron chi connectivity index (χ1n) is 17.1. The lowest BCUT2D eigenvalue weighted by atomic mass is 9.78. The van der Waals surface area contributed by atoms with Crippen molar-refractivity contribution >= 4 is 39.2 Å². The van der Waals surface area contributed by atoms with Crippen LogP contribution in [0.15, 0.2) is 60.4 Å². The van der Waals surface area contributed by atoms with Crippen LogP contribution in [0.2, 0.25) is 0 Å². The maximum atomic E-state index is 12.9. The predicted molar refractivity (Wildman–Crippen MR) is 191 cm³/mol. The quantitative estimate of drug-likeness (QED) is 0.230. The van der Waals surface area contributed by atoms with Gasteiger partial charge in [-0.2, -0.15) is 0 Å². The first-order valence-corrected chi connectivity index (χ1v) is 19.4. The number of hydrogen-bond donors (Lipinski definition) is 3. The second kappa shape index (κ2) is 14.7. The van der Waals surface area contributed by atoms with E-state index < -0.39 is 0 Å². The zero-order valence-electron chi connectivity index (χ0n) is 27.6. The molecule has 4 aliphatic rings. The zero-order chi connectivity index (χ0) is 33.0. The molecule has 8 nitrogen and oxygen atoms in total. The summed E-state index contributed by atoms with van der Waals surface area (Å²) in [6.07, 6.45) is 24.3. The van der Waals surface area contributed by atoms with Crippen molar-refractivity contribution in [3.05, 3.63) is 71.5 Å². The molecule has 3 heterocycles. The van der Waals surface area contributed by atoms with E-state index >= 15 is 0 Å². The normalized spacial score (nSPS) is 28.6. The van der Waals surface area contributed by atoms with Crippen LogP contribution in [0.1, 0.15) is 88.7 Å². The lowest BCUT2D eigenvalue weighted by Gasteiger charge is -2.43. The highest BCUT2D eigenvalue weighted by Gasteiger charge is 2.55.